The number of benzene rings is 2. The molecule has 7 heteroatoms. The van der Waals surface area contributed by atoms with Crippen molar-refractivity contribution >= 4 is 45.6 Å². The van der Waals surface area contributed by atoms with Gasteiger partial charge < -0.3 is 10.3 Å². The van der Waals surface area contributed by atoms with Gasteiger partial charge >= 0.3 is 0 Å². The molecule has 0 bridgehead atoms. The van der Waals surface area contributed by atoms with Crippen molar-refractivity contribution in [2.75, 3.05) is 23.6 Å². The molecule has 1 atom stereocenters. The number of carbonyl (C=O) groups is 1. The van der Waals surface area contributed by atoms with Crippen LogP contribution in [-0.4, -0.2) is 29.1 Å². The molecule has 170 valence electrons. The normalized spacial score (nSPS) is 13.9. The first-order valence-corrected chi connectivity index (χ1v) is 12.1. The maximum Gasteiger partial charge on any atom is 0.165 e. The topological polar surface area (TPSA) is 92.5 Å². The number of hydrogen-bond donors (Lipinski definition) is 2. The van der Waals surface area contributed by atoms with Crippen LogP contribution in [0.1, 0.15) is 65.1 Å². The molecule has 0 aliphatic carbocycles. The molecular weight excluding hydrogens is 455 g/mol. The minimum absolute atomic E-state index is 0.0620. The van der Waals surface area contributed by atoms with Gasteiger partial charge in [0.25, 0.3) is 0 Å². The summed E-state index contributed by atoms with van der Waals surface area (Å²) in [4.78, 5) is 15.0. The van der Waals surface area contributed by atoms with Crippen LogP contribution in [0.25, 0.3) is 10.9 Å². The number of aromatic nitrogens is 1. The van der Waals surface area contributed by atoms with E-state index in [1.807, 2.05) is 24.3 Å². The Morgan fingerprint density at radius 2 is 1.73 bits per heavy atom. The summed E-state index contributed by atoms with van der Waals surface area (Å²) in [6, 6.07) is 15.4. The van der Waals surface area contributed by atoms with Gasteiger partial charge in [0.1, 0.15) is 0 Å². The maximum atomic E-state index is 11.9. The van der Waals surface area contributed by atoms with Crippen LogP contribution in [0.3, 0.4) is 0 Å². The molecule has 3 aromatic rings. The number of ketones is 1. The Morgan fingerprint density at radius 1 is 1.00 bits per heavy atom. The van der Waals surface area contributed by atoms with Gasteiger partial charge in [-0.15, -0.1) is 23.2 Å². The number of fused-ring (bicyclic) bond motifs is 2. The zero-order chi connectivity index (χ0) is 23.6. The molecule has 4 rings (SSSR count). The Hall–Kier alpha value is -2.99. The second kappa shape index (κ2) is 12.3. The van der Waals surface area contributed by atoms with Crippen molar-refractivity contribution in [2.24, 2.45) is 0 Å². The van der Waals surface area contributed by atoms with E-state index in [9.17, 15) is 4.79 Å². The zero-order valence-corrected chi connectivity index (χ0v) is 19.8. The Kier molecular flexibility index (Phi) is 9.19. The van der Waals surface area contributed by atoms with Crippen LogP contribution in [0.2, 0.25) is 0 Å². The lowest BCUT2D eigenvalue weighted by atomic mass is 9.94. The quantitative estimate of drug-likeness (QED) is 0.212. The SMILES string of the molecule is N#Cc1ccc2[nH]cc(C(=O)CCCCl)c2c1.N#Cc1ccc2c(c1)C(CCCCCl)CN2. The molecule has 1 aliphatic rings. The second-order valence-corrected chi connectivity index (χ2v) is 8.72. The molecule has 0 spiro atoms. The van der Waals surface area contributed by atoms with Gasteiger partial charge in [0.15, 0.2) is 5.78 Å². The van der Waals surface area contributed by atoms with Crippen LogP contribution in [0, 0.1) is 22.7 Å². The number of Topliss-reactive ketones (excluding diaryl/α,β-unsaturated/α-hetero) is 1. The van der Waals surface area contributed by atoms with Crippen LogP contribution in [0.4, 0.5) is 5.69 Å². The summed E-state index contributed by atoms with van der Waals surface area (Å²) in [5.74, 6) is 1.83. The number of nitriles is 2. The molecular formula is C26H26Cl2N4O. The van der Waals surface area contributed by atoms with Gasteiger partial charge in [-0.1, -0.05) is 6.42 Å². The fourth-order valence-electron chi connectivity index (χ4n) is 4.00. The van der Waals surface area contributed by atoms with Crippen LogP contribution >= 0.6 is 23.2 Å². The summed E-state index contributed by atoms with van der Waals surface area (Å²) in [6.45, 7) is 0.993. The smallest absolute Gasteiger partial charge is 0.165 e. The van der Waals surface area contributed by atoms with Crippen molar-refractivity contribution in [3.8, 4) is 12.1 Å². The molecule has 33 heavy (non-hydrogen) atoms. The van der Waals surface area contributed by atoms with Gasteiger partial charge in [-0.3, -0.25) is 4.79 Å². The Labute approximate surface area is 204 Å². The average molecular weight is 481 g/mol. The number of aromatic amines is 1. The van der Waals surface area contributed by atoms with Crippen molar-refractivity contribution in [3.05, 3.63) is 64.8 Å². The van der Waals surface area contributed by atoms with Gasteiger partial charge in [0.05, 0.1) is 23.3 Å². The number of unbranched alkanes of at least 4 members (excludes halogenated alkanes) is 1. The predicted octanol–water partition coefficient (Wildman–Crippen LogP) is 6.72. The Morgan fingerprint density at radius 3 is 2.45 bits per heavy atom. The maximum absolute atomic E-state index is 11.9. The molecule has 2 N–H and O–H groups in total. The van der Waals surface area contributed by atoms with E-state index in [1.54, 1.807) is 18.3 Å². The number of hydrogen-bond acceptors (Lipinski definition) is 4. The lowest BCUT2D eigenvalue weighted by Crippen LogP contribution is -2.01. The third-order valence-electron chi connectivity index (χ3n) is 5.74. The second-order valence-electron chi connectivity index (χ2n) is 7.97. The standard InChI is InChI=1S/C13H11ClN2O.C13H15ClN2/c14-5-1-2-13(17)11-8-16-12-4-3-9(7-15)6-10(11)12;14-6-2-1-3-11-9-16-13-5-4-10(8-15)7-12(11)13/h3-4,6,8,16H,1-2,5H2;4-5,7,11,16H,1-3,6,9H2. The third-order valence-corrected chi connectivity index (χ3v) is 6.28. The number of rotatable bonds is 8. The molecule has 5 nitrogen and oxygen atoms in total. The number of carbonyl (C=O) groups excluding carboxylic acids is 1. The molecule has 1 aromatic heterocycles. The lowest BCUT2D eigenvalue weighted by molar-refractivity contribution is 0.0983. The first kappa shape index (κ1) is 24.6. The minimum atomic E-state index is 0.0620. The van der Waals surface area contributed by atoms with Crippen LogP contribution in [0.5, 0.6) is 0 Å². The van der Waals surface area contributed by atoms with Crippen molar-refractivity contribution < 1.29 is 4.79 Å². The summed E-state index contributed by atoms with van der Waals surface area (Å²) in [7, 11) is 0. The third kappa shape index (κ3) is 6.29. The molecule has 0 amide bonds. The fourth-order valence-corrected chi connectivity index (χ4v) is 4.32. The molecule has 1 aliphatic heterocycles. The van der Waals surface area contributed by atoms with Gasteiger partial charge in [0.2, 0.25) is 0 Å². The highest BCUT2D eigenvalue weighted by atomic mass is 35.5. The zero-order valence-electron chi connectivity index (χ0n) is 18.3. The number of nitrogens with zero attached hydrogens (tertiary/aromatic N) is 2. The predicted molar refractivity (Wildman–Crippen MR) is 134 cm³/mol. The molecule has 0 saturated carbocycles. The first-order valence-electron chi connectivity index (χ1n) is 11.1. The summed E-state index contributed by atoms with van der Waals surface area (Å²) >= 11 is 11.2. The average Bonchev–Trinajstić information content (AvgIpc) is 3.46. The van der Waals surface area contributed by atoms with E-state index in [4.69, 9.17) is 33.7 Å². The van der Waals surface area contributed by atoms with Crippen molar-refractivity contribution in [2.45, 2.75) is 38.0 Å². The van der Waals surface area contributed by atoms with Gasteiger partial charge in [-0.2, -0.15) is 10.5 Å². The Balaban J connectivity index is 0.000000186. The van der Waals surface area contributed by atoms with E-state index < -0.39 is 0 Å². The fraction of sp³-hybridized carbons (Fsp3) is 0.346. The summed E-state index contributed by atoms with van der Waals surface area (Å²) in [5, 5.41) is 21.9. The van der Waals surface area contributed by atoms with E-state index in [2.05, 4.69) is 22.4 Å². The highest BCUT2D eigenvalue weighted by molar-refractivity contribution is 6.18. The number of nitrogens with one attached hydrogen (secondary N) is 2. The summed E-state index contributed by atoms with van der Waals surface area (Å²) in [5.41, 5.74) is 5.32. The highest BCUT2D eigenvalue weighted by Crippen LogP contribution is 2.35. The van der Waals surface area contributed by atoms with E-state index in [0.29, 0.717) is 35.8 Å². The Bertz CT molecular complexity index is 1190. The lowest BCUT2D eigenvalue weighted by Gasteiger charge is -2.09. The number of anilines is 1. The van der Waals surface area contributed by atoms with Crippen LogP contribution in [0.15, 0.2) is 42.6 Å². The van der Waals surface area contributed by atoms with E-state index in [-0.39, 0.29) is 5.78 Å². The van der Waals surface area contributed by atoms with Crippen LogP contribution in [-0.2, 0) is 0 Å². The largest absolute Gasteiger partial charge is 0.384 e. The monoisotopic (exact) mass is 480 g/mol. The van der Waals surface area contributed by atoms with Crippen molar-refractivity contribution in [3.63, 3.8) is 0 Å². The molecule has 0 saturated heterocycles. The molecule has 2 aromatic carbocycles. The van der Waals surface area contributed by atoms with Crippen LogP contribution < -0.4 is 5.32 Å². The molecule has 2 heterocycles. The number of halogens is 2. The van der Waals surface area contributed by atoms with E-state index in [0.717, 1.165) is 48.2 Å². The first-order chi connectivity index (χ1) is 16.1. The van der Waals surface area contributed by atoms with Gasteiger partial charge in [-0.25, -0.2) is 0 Å². The number of alkyl halides is 2. The van der Waals surface area contributed by atoms with Crippen molar-refractivity contribution in [1.29, 1.82) is 10.5 Å². The van der Waals surface area contributed by atoms with E-state index in [1.165, 1.54) is 11.3 Å². The minimum Gasteiger partial charge on any atom is -0.384 e. The summed E-state index contributed by atoms with van der Waals surface area (Å²) in [6.07, 6.45) is 6.19. The highest BCUT2D eigenvalue weighted by Gasteiger charge is 2.21. The molecule has 1 unspecified atom stereocenters. The number of H-pyrrole nitrogens is 1. The van der Waals surface area contributed by atoms with Gasteiger partial charge in [0, 0.05) is 59.0 Å². The van der Waals surface area contributed by atoms with Crippen molar-refractivity contribution in [1.82, 2.24) is 4.98 Å². The molecule has 0 radical (unpaired) electrons. The molecule has 0 fully saturated rings. The van der Waals surface area contributed by atoms with E-state index >= 15 is 0 Å². The van der Waals surface area contributed by atoms with Gasteiger partial charge in [-0.05, 0) is 61.2 Å². The summed E-state index contributed by atoms with van der Waals surface area (Å²) < 4.78 is 0.